The number of carbonyl (C=O) groups excluding carboxylic acids is 1. The van der Waals surface area contributed by atoms with Crippen molar-refractivity contribution in [3.63, 3.8) is 0 Å². The van der Waals surface area contributed by atoms with E-state index in [2.05, 4.69) is 20.6 Å². The van der Waals surface area contributed by atoms with Crippen molar-refractivity contribution in [1.29, 1.82) is 0 Å². The first-order chi connectivity index (χ1) is 19.1. The number of phenols is 1. The van der Waals surface area contributed by atoms with E-state index in [1.165, 1.54) is 52.1 Å². The number of aromatic hydroxyl groups is 1. The number of nitrogens with zero attached hydrogens (tertiary/aromatic N) is 2. The average molecular weight is 583 g/mol. The topological polar surface area (TPSA) is 86.6 Å². The fourth-order valence-electron chi connectivity index (χ4n) is 5.30. The third-order valence-corrected chi connectivity index (χ3v) is 7.45. The Kier molecular flexibility index (Phi) is 10.4. The van der Waals surface area contributed by atoms with E-state index in [0.717, 1.165) is 18.9 Å². The molecule has 3 unspecified atom stereocenters. The van der Waals surface area contributed by atoms with Crippen molar-refractivity contribution in [3.05, 3.63) is 41.6 Å². The molecule has 0 bridgehead atoms. The lowest BCUT2D eigenvalue weighted by Crippen LogP contribution is -2.43. The first-order valence-corrected chi connectivity index (χ1v) is 13.9. The monoisotopic (exact) mass is 582 g/mol. The maximum absolute atomic E-state index is 14.3. The second-order valence-electron chi connectivity index (χ2n) is 11.4. The summed E-state index contributed by atoms with van der Waals surface area (Å²) in [5, 5.41) is 16.5. The van der Waals surface area contributed by atoms with Gasteiger partial charge in [0.2, 0.25) is 0 Å². The van der Waals surface area contributed by atoms with E-state index in [1.807, 2.05) is 6.92 Å². The van der Waals surface area contributed by atoms with Crippen molar-refractivity contribution in [3.8, 4) is 5.75 Å². The number of hydrogen-bond acceptors (Lipinski definition) is 5. The van der Waals surface area contributed by atoms with Gasteiger partial charge in [-0.1, -0.05) is 12.5 Å². The molecule has 11 heteroatoms. The van der Waals surface area contributed by atoms with Gasteiger partial charge in [-0.2, -0.15) is 13.2 Å². The van der Waals surface area contributed by atoms with Crippen LogP contribution in [-0.4, -0.2) is 52.7 Å². The van der Waals surface area contributed by atoms with E-state index >= 15 is 0 Å². The minimum Gasteiger partial charge on any atom is -0.508 e. The zero-order chi connectivity index (χ0) is 30.5. The second-order valence-corrected chi connectivity index (χ2v) is 11.4. The summed E-state index contributed by atoms with van der Waals surface area (Å²) in [7, 11) is 1.40. The maximum atomic E-state index is 14.3. The molecular weight excluding hydrogens is 543 g/mol. The molecule has 0 aliphatic heterocycles. The highest BCUT2D eigenvalue weighted by Crippen LogP contribution is 2.36. The van der Waals surface area contributed by atoms with Crippen molar-refractivity contribution in [2.24, 2.45) is 10.9 Å². The fraction of sp³-hybridized carbons (Fsp3) is 0.567. The van der Waals surface area contributed by atoms with E-state index in [0.29, 0.717) is 18.2 Å². The molecule has 1 fully saturated rings. The Morgan fingerprint density at radius 2 is 1.90 bits per heavy atom. The quantitative estimate of drug-likeness (QED) is 0.156. The highest BCUT2D eigenvalue weighted by atomic mass is 19.4. The molecule has 0 spiro atoms. The number of carbonyl (C=O) groups is 1. The van der Waals surface area contributed by atoms with Gasteiger partial charge in [-0.05, 0) is 90.0 Å². The number of anilines is 1. The molecule has 1 heterocycles. The van der Waals surface area contributed by atoms with Crippen LogP contribution in [0.1, 0.15) is 71.9 Å². The van der Waals surface area contributed by atoms with Gasteiger partial charge in [-0.15, -0.1) is 0 Å². The molecule has 1 aromatic carbocycles. The van der Waals surface area contributed by atoms with Crippen LogP contribution in [0.3, 0.4) is 0 Å². The van der Waals surface area contributed by atoms with Crippen LogP contribution in [0.15, 0.2) is 40.9 Å². The number of alkyl halides is 5. The SMILES string of the molecule is C/N=C(\C(=C/CCC(C)(C)F)C(=O)NC(C)C1CCC[C@H](Nc2cc(C(F)(F)F)nc3ccc(O)cc23)C1)C(C)F. The summed E-state index contributed by atoms with van der Waals surface area (Å²) in [6.07, 6.45) is -1.39. The van der Waals surface area contributed by atoms with Crippen molar-refractivity contribution >= 4 is 28.2 Å². The number of rotatable bonds is 10. The van der Waals surface area contributed by atoms with Gasteiger partial charge in [0.05, 0.1) is 16.8 Å². The number of aliphatic imine (C=N–C) groups is 1. The molecule has 41 heavy (non-hydrogen) atoms. The molecule has 1 amide bonds. The van der Waals surface area contributed by atoms with Crippen LogP contribution in [-0.2, 0) is 11.0 Å². The Morgan fingerprint density at radius 3 is 2.51 bits per heavy atom. The van der Waals surface area contributed by atoms with Gasteiger partial charge in [-0.3, -0.25) is 9.79 Å². The smallest absolute Gasteiger partial charge is 0.433 e. The van der Waals surface area contributed by atoms with E-state index in [1.54, 1.807) is 0 Å². The summed E-state index contributed by atoms with van der Waals surface area (Å²) in [4.78, 5) is 20.9. The van der Waals surface area contributed by atoms with Gasteiger partial charge in [0.25, 0.3) is 5.91 Å². The number of hydrogen-bond donors (Lipinski definition) is 3. The third-order valence-electron chi connectivity index (χ3n) is 7.45. The van der Waals surface area contributed by atoms with E-state index in [4.69, 9.17) is 0 Å². The van der Waals surface area contributed by atoms with Crippen molar-refractivity contribution in [2.45, 2.75) is 96.3 Å². The molecule has 4 atom stereocenters. The summed E-state index contributed by atoms with van der Waals surface area (Å²) in [6, 6.07) is 4.45. The summed E-state index contributed by atoms with van der Waals surface area (Å²) in [5.74, 6) is -0.596. The predicted molar refractivity (Wildman–Crippen MR) is 152 cm³/mol. The molecule has 3 N–H and O–H groups in total. The third kappa shape index (κ3) is 8.87. The van der Waals surface area contributed by atoms with Crippen molar-refractivity contribution in [1.82, 2.24) is 10.3 Å². The van der Waals surface area contributed by atoms with Gasteiger partial charge in [0.15, 0.2) is 0 Å². The number of pyridine rings is 1. The fourth-order valence-corrected chi connectivity index (χ4v) is 5.30. The van der Waals surface area contributed by atoms with Crippen LogP contribution in [0.25, 0.3) is 10.9 Å². The lowest BCUT2D eigenvalue weighted by atomic mass is 9.81. The molecule has 1 aliphatic rings. The van der Waals surface area contributed by atoms with Crippen LogP contribution < -0.4 is 10.6 Å². The molecule has 6 nitrogen and oxygen atoms in total. The van der Waals surface area contributed by atoms with Gasteiger partial charge >= 0.3 is 6.18 Å². The van der Waals surface area contributed by atoms with Crippen LogP contribution in [0, 0.1) is 5.92 Å². The maximum Gasteiger partial charge on any atom is 0.433 e. The molecule has 1 aromatic heterocycles. The van der Waals surface area contributed by atoms with Crippen LogP contribution >= 0.6 is 0 Å². The summed E-state index contributed by atoms with van der Waals surface area (Å²) in [5.41, 5.74) is -2.08. The van der Waals surface area contributed by atoms with Gasteiger partial charge in [-0.25, -0.2) is 13.8 Å². The van der Waals surface area contributed by atoms with Crippen molar-refractivity contribution < 1.29 is 31.9 Å². The minimum atomic E-state index is -4.64. The average Bonchev–Trinajstić information content (AvgIpc) is 2.87. The number of aromatic nitrogens is 1. The zero-order valence-corrected chi connectivity index (χ0v) is 24.1. The molecule has 0 saturated heterocycles. The van der Waals surface area contributed by atoms with Gasteiger partial charge < -0.3 is 15.7 Å². The van der Waals surface area contributed by atoms with E-state index in [-0.39, 0.29) is 59.1 Å². The van der Waals surface area contributed by atoms with Gasteiger partial charge in [0, 0.05) is 30.2 Å². The van der Waals surface area contributed by atoms with Crippen LogP contribution in [0.5, 0.6) is 5.75 Å². The second kappa shape index (κ2) is 13.2. The number of amides is 1. The molecule has 3 rings (SSSR count). The predicted octanol–water partition coefficient (Wildman–Crippen LogP) is 7.32. The zero-order valence-electron chi connectivity index (χ0n) is 24.1. The molecule has 1 saturated carbocycles. The highest BCUT2D eigenvalue weighted by Gasteiger charge is 2.34. The van der Waals surface area contributed by atoms with E-state index in [9.17, 15) is 31.9 Å². The number of phenolic OH excluding ortho intramolecular Hbond substituents is 1. The first-order valence-electron chi connectivity index (χ1n) is 13.9. The Labute approximate surface area is 237 Å². The number of fused-ring (bicyclic) bond motifs is 1. The molecule has 0 radical (unpaired) electrons. The lowest BCUT2D eigenvalue weighted by molar-refractivity contribution is -0.140. The van der Waals surface area contributed by atoms with E-state index < -0.39 is 29.6 Å². The Hall–Kier alpha value is -3.24. The summed E-state index contributed by atoms with van der Waals surface area (Å²) in [6.45, 7) is 6.00. The lowest BCUT2D eigenvalue weighted by Gasteiger charge is -2.34. The largest absolute Gasteiger partial charge is 0.508 e. The molecular formula is C30H39F5N4O2. The number of halogens is 5. The summed E-state index contributed by atoms with van der Waals surface area (Å²) >= 11 is 0. The first kappa shape index (κ1) is 32.3. The van der Waals surface area contributed by atoms with Crippen LogP contribution in [0.2, 0.25) is 0 Å². The van der Waals surface area contributed by atoms with Crippen molar-refractivity contribution in [2.75, 3.05) is 12.4 Å². The normalized spacial score (nSPS) is 20.5. The number of allylic oxidation sites excluding steroid dienone is 1. The Balaban J connectivity index is 1.77. The Morgan fingerprint density at radius 1 is 1.20 bits per heavy atom. The van der Waals surface area contributed by atoms with Crippen LogP contribution in [0.4, 0.5) is 27.6 Å². The molecule has 1 aliphatic carbocycles. The molecule has 226 valence electrons. The standard InChI is InChI=1S/C30H39F5N4O2/c1-17(31)27(36-5)22(10-7-13-29(3,4)32)28(41)37-18(2)19-8-6-9-20(14-19)38-25-16-26(30(33,34)35)39-24-12-11-21(40)15-23(24)25/h10-12,15-20,40H,6-9,13-14H2,1-5H3,(H,37,41)(H,38,39)/b22-10+,36-27-/t17?,18?,19?,20-/m0/s1. The Bertz CT molecular complexity index is 1280. The summed E-state index contributed by atoms with van der Waals surface area (Å²) < 4.78 is 68.9. The highest BCUT2D eigenvalue weighted by molar-refractivity contribution is 6.23. The number of nitrogens with one attached hydrogen (secondary N) is 2. The number of benzene rings is 1. The minimum absolute atomic E-state index is 0.00960. The van der Waals surface area contributed by atoms with Gasteiger partial charge in [0.1, 0.15) is 23.3 Å². The molecule has 2 aromatic rings.